The minimum absolute atomic E-state index is 0.0148. The number of aromatic hydroxyl groups is 2. The van der Waals surface area contributed by atoms with E-state index in [1.54, 1.807) is 24.3 Å². The van der Waals surface area contributed by atoms with Gasteiger partial charge in [-0.05, 0) is 37.1 Å². The van der Waals surface area contributed by atoms with Crippen LogP contribution in [0, 0.1) is 0 Å². The van der Waals surface area contributed by atoms with Gasteiger partial charge in [-0.1, -0.05) is 35.8 Å². The van der Waals surface area contributed by atoms with Crippen molar-refractivity contribution in [2.24, 2.45) is 4.40 Å². The molecule has 0 atom stereocenters. The minimum atomic E-state index is -3.70. The van der Waals surface area contributed by atoms with Gasteiger partial charge in [-0.25, -0.2) is 4.68 Å². The lowest BCUT2D eigenvalue weighted by molar-refractivity contribution is 0.467. The molecule has 3 aromatic rings. The summed E-state index contributed by atoms with van der Waals surface area (Å²) in [7, 11) is -3.70. The average Bonchev–Trinajstić information content (AvgIpc) is 3.25. The second-order valence-electron chi connectivity index (χ2n) is 7.76. The smallest absolute Gasteiger partial charge is 0.284 e. The normalized spacial score (nSPS) is 18.8. The highest BCUT2D eigenvalue weighted by Gasteiger charge is 2.31. The SMILES string of the molecule is O=c1c(C2=NS(O)(O)c3cc(O)ccc3N2)c(O)c2ccccc2n1NC1CCCC1. The highest BCUT2D eigenvalue weighted by atomic mass is 32.3. The van der Waals surface area contributed by atoms with E-state index in [-0.39, 0.29) is 39.5 Å². The summed E-state index contributed by atoms with van der Waals surface area (Å²) in [6, 6.07) is 11.1. The highest BCUT2D eigenvalue weighted by molar-refractivity contribution is 8.23. The number of phenols is 1. The molecule has 6 N–H and O–H groups in total. The van der Waals surface area contributed by atoms with Crippen LogP contribution in [0.5, 0.6) is 11.5 Å². The standard InChI is InChI=1S/C21H22N4O5S/c26-13-9-10-15-17(11-13)31(29,30)24-20(22-15)18-19(27)14-7-3-4-8-16(14)25(21(18)28)23-12-5-1-2-6-12/h3-4,7-12,23,26-27,29-30H,1-2,5-6H2,(H,22,24). The predicted octanol–water partition coefficient (Wildman–Crippen LogP) is 3.80. The van der Waals surface area contributed by atoms with E-state index in [1.807, 2.05) is 0 Å². The van der Waals surface area contributed by atoms with Gasteiger partial charge in [0.05, 0.1) is 11.2 Å². The van der Waals surface area contributed by atoms with E-state index < -0.39 is 16.3 Å². The van der Waals surface area contributed by atoms with E-state index in [0.717, 1.165) is 25.7 Å². The lowest BCUT2D eigenvalue weighted by atomic mass is 10.1. The third-order valence-electron chi connectivity index (χ3n) is 5.69. The van der Waals surface area contributed by atoms with Crippen LogP contribution >= 0.6 is 10.8 Å². The molecule has 9 nitrogen and oxygen atoms in total. The van der Waals surface area contributed by atoms with Gasteiger partial charge in [0.1, 0.15) is 22.0 Å². The van der Waals surface area contributed by atoms with Gasteiger partial charge < -0.3 is 21.0 Å². The van der Waals surface area contributed by atoms with Gasteiger partial charge in [-0.2, -0.15) is 0 Å². The molecule has 1 saturated carbocycles. The summed E-state index contributed by atoms with van der Waals surface area (Å²) in [5, 5.41) is 24.0. The molecule has 5 rings (SSSR count). The number of hydrogen-bond donors (Lipinski definition) is 6. The van der Waals surface area contributed by atoms with Crippen molar-refractivity contribution in [1.29, 1.82) is 0 Å². The van der Waals surface area contributed by atoms with Crippen molar-refractivity contribution in [3.05, 3.63) is 58.4 Å². The number of para-hydroxylation sites is 1. The lowest BCUT2D eigenvalue weighted by Crippen LogP contribution is -2.39. The zero-order chi connectivity index (χ0) is 21.8. The first kappa shape index (κ1) is 19.7. The van der Waals surface area contributed by atoms with Crippen molar-refractivity contribution in [2.45, 2.75) is 36.6 Å². The molecule has 0 saturated heterocycles. The largest absolute Gasteiger partial charge is 0.508 e. The molecule has 0 radical (unpaired) electrons. The molecule has 2 heterocycles. The maximum Gasteiger partial charge on any atom is 0.284 e. The molecular formula is C21H22N4O5S. The molecule has 1 aliphatic heterocycles. The Bertz CT molecular complexity index is 1280. The number of pyridine rings is 1. The fraction of sp³-hybridized carbons (Fsp3) is 0.238. The monoisotopic (exact) mass is 442 g/mol. The van der Waals surface area contributed by atoms with Crippen LogP contribution in [0.2, 0.25) is 0 Å². The topological polar surface area (TPSA) is 139 Å². The van der Waals surface area contributed by atoms with Crippen molar-refractivity contribution < 1.29 is 19.3 Å². The molecule has 1 aromatic heterocycles. The minimum Gasteiger partial charge on any atom is -0.508 e. The Kier molecular flexibility index (Phi) is 4.58. The van der Waals surface area contributed by atoms with Crippen molar-refractivity contribution >= 4 is 33.2 Å². The van der Waals surface area contributed by atoms with Crippen LogP contribution in [-0.2, 0) is 0 Å². The summed E-state index contributed by atoms with van der Waals surface area (Å²) in [5.74, 6) is -0.585. The number of anilines is 1. The van der Waals surface area contributed by atoms with Gasteiger partial charge in [0.15, 0.2) is 5.84 Å². The number of amidine groups is 1. The molecule has 0 unspecified atom stereocenters. The van der Waals surface area contributed by atoms with Crippen molar-refractivity contribution in [1.82, 2.24) is 4.68 Å². The molecule has 1 fully saturated rings. The van der Waals surface area contributed by atoms with Crippen LogP contribution in [-0.4, -0.2) is 35.9 Å². The molecule has 162 valence electrons. The Morgan fingerprint density at radius 2 is 1.84 bits per heavy atom. The van der Waals surface area contributed by atoms with Crippen LogP contribution in [0.3, 0.4) is 0 Å². The van der Waals surface area contributed by atoms with Crippen LogP contribution in [0.1, 0.15) is 31.2 Å². The summed E-state index contributed by atoms with van der Waals surface area (Å²) >= 11 is 0. The number of nitrogens with one attached hydrogen (secondary N) is 2. The van der Waals surface area contributed by atoms with Gasteiger partial charge in [-0.3, -0.25) is 13.9 Å². The first-order valence-corrected chi connectivity index (χ1v) is 11.5. The van der Waals surface area contributed by atoms with Crippen LogP contribution in [0.15, 0.2) is 56.6 Å². The second kappa shape index (κ2) is 7.19. The Hall–Kier alpha value is -3.21. The Labute approximate surface area is 179 Å². The maximum absolute atomic E-state index is 13.5. The van der Waals surface area contributed by atoms with Gasteiger partial charge in [0.25, 0.3) is 5.56 Å². The predicted molar refractivity (Wildman–Crippen MR) is 121 cm³/mol. The molecule has 2 aliphatic rings. The fourth-order valence-corrected chi connectivity index (χ4v) is 5.36. The van der Waals surface area contributed by atoms with Gasteiger partial charge in [0, 0.05) is 17.5 Å². The molecule has 31 heavy (non-hydrogen) atoms. The number of hydrogen-bond acceptors (Lipinski definition) is 8. The number of rotatable bonds is 3. The summed E-state index contributed by atoms with van der Waals surface area (Å²) in [5.41, 5.74) is 3.36. The third kappa shape index (κ3) is 3.29. The van der Waals surface area contributed by atoms with E-state index in [1.165, 1.54) is 22.9 Å². The quantitative estimate of drug-likeness (QED) is 0.339. The summed E-state index contributed by atoms with van der Waals surface area (Å²) in [6.07, 6.45) is 4.03. The number of fused-ring (bicyclic) bond motifs is 2. The molecule has 10 heteroatoms. The van der Waals surface area contributed by atoms with Crippen LogP contribution in [0.25, 0.3) is 10.9 Å². The first-order chi connectivity index (χ1) is 14.8. The summed E-state index contributed by atoms with van der Waals surface area (Å²) in [4.78, 5) is 13.5. The molecule has 0 spiro atoms. The average molecular weight is 442 g/mol. The highest BCUT2D eigenvalue weighted by Crippen LogP contribution is 2.56. The molecule has 0 amide bonds. The number of aromatic nitrogens is 1. The Morgan fingerprint density at radius 3 is 2.61 bits per heavy atom. The number of phenolic OH excluding ortho intramolecular Hbond substituents is 1. The van der Waals surface area contributed by atoms with E-state index in [0.29, 0.717) is 10.9 Å². The molecular weight excluding hydrogens is 420 g/mol. The van der Waals surface area contributed by atoms with Gasteiger partial charge in [0.2, 0.25) is 0 Å². The first-order valence-electron chi connectivity index (χ1n) is 9.97. The Balaban J connectivity index is 1.71. The van der Waals surface area contributed by atoms with E-state index in [9.17, 15) is 24.1 Å². The lowest BCUT2D eigenvalue weighted by Gasteiger charge is -2.34. The summed E-state index contributed by atoms with van der Waals surface area (Å²) < 4.78 is 26.5. The fourth-order valence-electron chi connectivity index (χ4n) is 4.18. The zero-order valence-electron chi connectivity index (χ0n) is 16.4. The van der Waals surface area contributed by atoms with Crippen molar-refractivity contribution in [2.75, 3.05) is 10.7 Å². The summed E-state index contributed by atoms with van der Waals surface area (Å²) in [6.45, 7) is 0. The van der Waals surface area contributed by atoms with E-state index in [4.69, 9.17) is 0 Å². The Morgan fingerprint density at radius 1 is 1.10 bits per heavy atom. The van der Waals surface area contributed by atoms with Gasteiger partial charge in [-0.15, -0.1) is 4.40 Å². The van der Waals surface area contributed by atoms with Gasteiger partial charge >= 0.3 is 0 Å². The second-order valence-corrected chi connectivity index (χ2v) is 9.42. The number of benzene rings is 2. The number of nitrogens with zero attached hydrogens (tertiary/aromatic N) is 2. The van der Waals surface area contributed by atoms with Crippen molar-refractivity contribution in [3.63, 3.8) is 0 Å². The maximum atomic E-state index is 13.5. The van der Waals surface area contributed by atoms with E-state index in [2.05, 4.69) is 15.1 Å². The van der Waals surface area contributed by atoms with Crippen LogP contribution in [0.4, 0.5) is 5.69 Å². The van der Waals surface area contributed by atoms with Crippen molar-refractivity contribution in [3.8, 4) is 11.5 Å². The molecule has 0 bridgehead atoms. The molecule has 2 aromatic carbocycles. The van der Waals surface area contributed by atoms with E-state index >= 15 is 0 Å². The van der Waals surface area contributed by atoms with Crippen LogP contribution < -0.4 is 16.3 Å². The zero-order valence-corrected chi connectivity index (χ0v) is 17.3. The molecule has 1 aliphatic carbocycles. The third-order valence-corrected chi connectivity index (χ3v) is 7.05.